The highest BCUT2D eigenvalue weighted by Crippen LogP contribution is 2.34. The van der Waals surface area contributed by atoms with Gasteiger partial charge in [-0.15, -0.1) is 13.2 Å². The lowest BCUT2D eigenvalue weighted by Crippen LogP contribution is -2.17. The number of aromatic nitrogens is 4. The van der Waals surface area contributed by atoms with Gasteiger partial charge in [0, 0.05) is 18.5 Å². The molecule has 0 bridgehead atoms. The molecule has 10 heteroatoms. The molecule has 1 aliphatic rings. The van der Waals surface area contributed by atoms with E-state index in [-0.39, 0.29) is 17.7 Å². The highest BCUT2D eigenvalue weighted by Gasteiger charge is 2.31. The number of aromatic amines is 1. The molecule has 1 aliphatic carbocycles. The number of alkyl halides is 3. The maximum atomic E-state index is 12.6. The summed E-state index contributed by atoms with van der Waals surface area (Å²) < 4.78 is 48.8. The van der Waals surface area contributed by atoms with Gasteiger partial charge >= 0.3 is 17.9 Å². The van der Waals surface area contributed by atoms with Crippen molar-refractivity contribution in [3.05, 3.63) is 40.4 Å². The van der Waals surface area contributed by atoms with Gasteiger partial charge in [-0.1, -0.05) is 25.8 Å². The zero-order valence-electron chi connectivity index (χ0n) is 16.3. The fourth-order valence-corrected chi connectivity index (χ4v) is 3.76. The highest BCUT2D eigenvalue weighted by atomic mass is 19.4. The molecule has 0 spiro atoms. The first-order valence-corrected chi connectivity index (χ1v) is 9.88. The number of nitrogens with one attached hydrogen (secondary N) is 1. The molecule has 4 rings (SSSR count). The first-order chi connectivity index (χ1) is 14.3. The van der Waals surface area contributed by atoms with Gasteiger partial charge in [0.25, 0.3) is 0 Å². The molecule has 1 saturated carbocycles. The molecule has 1 N–H and O–H groups in total. The second kappa shape index (κ2) is 8.00. The Morgan fingerprint density at radius 3 is 2.63 bits per heavy atom. The molecule has 0 amide bonds. The van der Waals surface area contributed by atoms with Crippen molar-refractivity contribution in [2.24, 2.45) is 0 Å². The number of nitrogens with zero attached hydrogens (tertiary/aromatic N) is 3. The van der Waals surface area contributed by atoms with E-state index in [0.29, 0.717) is 17.7 Å². The predicted octanol–water partition coefficient (Wildman–Crippen LogP) is 4.88. The average molecular weight is 422 g/mol. The van der Waals surface area contributed by atoms with Gasteiger partial charge in [0.05, 0.1) is 0 Å². The number of hydrogen-bond acceptors (Lipinski definition) is 5. The fraction of sp³-hybridized carbons (Fsp3) is 0.450. The summed E-state index contributed by atoms with van der Waals surface area (Å²) in [6.07, 6.45) is 0.202. The van der Waals surface area contributed by atoms with Crippen LogP contribution in [0.3, 0.4) is 0 Å². The lowest BCUT2D eigenvalue weighted by Gasteiger charge is -2.14. The molecular formula is C20H21F3N4O3. The third kappa shape index (κ3) is 4.27. The molecule has 2 aromatic heterocycles. The van der Waals surface area contributed by atoms with Crippen LogP contribution in [-0.4, -0.2) is 25.9 Å². The minimum absolute atomic E-state index is 0.0250. The maximum Gasteiger partial charge on any atom is 0.573 e. The first-order valence-electron chi connectivity index (χ1n) is 9.88. The zero-order valence-corrected chi connectivity index (χ0v) is 16.3. The summed E-state index contributed by atoms with van der Waals surface area (Å²) in [6.45, 7) is 2.43. The van der Waals surface area contributed by atoms with Crippen LogP contribution in [0.25, 0.3) is 11.2 Å². The van der Waals surface area contributed by atoms with Gasteiger partial charge in [-0.2, -0.15) is 4.98 Å². The van der Waals surface area contributed by atoms with E-state index < -0.39 is 17.7 Å². The van der Waals surface area contributed by atoms with Gasteiger partial charge < -0.3 is 14.5 Å². The number of aryl methyl sites for hydroxylation is 1. The van der Waals surface area contributed by atoms with Crippen molar-refractivity contribution in [3.63, 3.8) is 0 Å². The molecule has 3 aromatic rings. The zero-order chi connectivity index (χ0) is 21.3. The van der Waals surface area contributed by atoms with Crippen LogP contribution in [0.15, 0.2) is 29.1 Å². The van der Waals surface area contributed by atoms with E-state index in [1.807, 2.05) is 6.92 Å². The van der Waals surface area contributed by atoms with E-state index in [9.17, 15) is 18.0 Å². The average Bonchev–Trinajstić information content (AvgIpc) is 3.33. The second-order valence-corrected chi connectivity index (χ2v) is 7.28. The fourth-order valence-electron chi connectivity index (χ4n) is 3.76. The Morgan fingerprint density at radius 1 is 1.20 bits per heavy atom. The summed E-state index contributed by atoms with van der Waals surface area (Å²) in [4.78, 5) is 24.4. The van der Waals surface area contributed by atoms with E-state index in [4.69, 9.17) is 4.74 Å². The summed E-state index contributed by atoms with van der Waals surface area (Å²) in [5.74, 6) is 0.699. The smallest absolute Gasteiger partial charge is 0.425 e. The van der Waals surface area contributed by atoms with Crippen LogP contribution in [0.5, 0.6) is 17.5 Å². The van der Waals surface area contributed by atoms with Crippen molar-refractivity contribution < 1.29 is 22.6 Å². The molecule has 0 radical (unpaired) electrons. The minimum Gasteiger partial charge on any atom is -0.425 e. The number of benzene rings is 1. The van der Waals surface area contributed by atoms with Gasteiger partial charge in [0.1, 0.15) is 17.3 Å². The Labute approximate surface area is 169 Å². The number of fused-ring (bicyclic) bond motifs is 1. The van der Waals surface area contributed by atoms with Crippen molar-refractivity contribution in [2.45, 2.75) is 57.9 Å². The Balaban J connectivity index is 1.72. The summed E-state index contributed by atoms with van der Waals surface area (Å²) in [5, 5.41) is 0. The van der Waals surface area contributed by atoms with Gasteiger partial charge in [-0.05, 0) is 31.4 Å². The topological polar surface area (TPSA) is 82.0 Å². The van der Waals surface area contributed by atoms with Crippen LogP contribution in [0.4, 0.5) is 13.2 Å². The second-order valence-electron chi connectivity index (χ2n) is 7.28. The quantitative estimate of drug-likeness (QED) is 0.612. The number of rotatable bonds is 6. The molecule has 0 aliphatic heterocycles. The molecule has 0 atom stereocenters. The standard InChI is InChI=1S/C20H21F3N4O3/c1-2-10-27-17-15(24-16(25-17)12-6-3-4-7-12)18(28)26-19(27)29-13-8-5-9-14(11-13)30-20(21,22)23/h5,8-9,11-12H,2-4,6-7,10H2,1H3,(H,24,25). The normalized spacial score (nSPS) is 15.1. The van der Waals surface area contributed by atoms with Crippen LogP contribution in [0.2, 0.25) is 0 Å². The molecule has 1 aromatic carbocycles. The molecule has 7 nitrogen and oxygen atoms in total. The number of H-pyrrole nitrogens is 1. The maximum absolute atomic E-state index is 12.6. The minimum atomic E-state index is -4.81. The Hall–Kier alpha value is -3.04. The molecule has 0 unspecified atom stereocenters. The van der Waals surface area contributed by atoms with E-state index in [2.05, 4.69) is 19.7 Å². The van der Waals surface area contributed by atoms with E-state index in [0.717, 1.165) is 50.1 Å². The SMILES string of the molecule is CCCn1c(Oc2cccc(OC(F)(F)F)c2)nc(=O)c2[nH]c(C3CCCC3)nc21. The first kappa shape index (κ1) is 20.2. The number of imidazole rings is 1. The van der Waals surface area contributed by atoms with Gasteiger partial charge in [0.2, 0.25) is 0 Å². The Kier molecular flexibility index (Phi) is 5.40. The van der Waals surface area contributed by atoms with Crippen molar-refractivity contribution in [1.82, 2.24) is 19.5 Å². The van der Waals surface area contributed by atoms with E-state index in [1.165, 1.54) is 12.1 Å². The lowest BCUT2D eigenvalue weighted by atomic mass is 10.1. The molecule has 0 saturated heterocycles. The third-order valence-corrected chi connectivity index (χ3v) is 5.04. The van der Waals surface area contributed by atoms with Crippen LogP contribution in [-0.2, 0) is 6.54 Å². The lowest BCUT2D eigenvalue weighted by molar-refractivity contribution is -0.274. The van der Waals surface area contributed by atoms with E-state index in [1.54, 1.807) is 4.57 Å². The van der Waals surface area contributed by atoms with Gasteiger partial charge in [-0.25, -0.2) is 4.98 Å². The molecule has 2 heterocycles. The Morgan fingerprint density at radius 2 is 1.93 bits per heavy atom. The monoisotopic (exact) mass is 422 g/mol. The molecule has 30 heavy (non-hydrogen) atoms. The van der Waals surface area contributed by atoms with Crippen molar-refractivity contribution in [3.8, 4) is 17.5 Å². The van der Waals surface area contributed by atoms with Crippen LogP contribution in [0, 0.1) is 0 Å². The summed E-state index contributed by atoms with van der Waals surface area (Å²) in [7, 11) is 0. The van der Waals surface area contributed by atoms with E-state index >= 15 is 0 Å². The van der Waals surface area contributed by atoms with Crippen molar-refractivity contribution >= 4 is 11.2 Å². The van der Waals surface area contributed by atoms with Crippen LogP contribution in [0.1, 0.15) is 50.8 Å². The van der Waals surface area contributed by atoms with Crippen molar-refractivity contribution in [1.29, 1.82) is 0 Å². The summed E-state index contributed by atoms with van der Waals surface area (Å²) in [5.41, 5.74) is 0.232. The van der Waals surface area contributed by atoms with Gasteiger partial charge in [-0.3, -0.25) is 9.36 Å². The molecule has 160 valence electrons. The van der Waals surface area contributed by atoms with Crippen LogP contribution < -0.4 is 15.0 Å². The van der Waals surface area contributed by atoms with Gasteiger partial charge in [0.15, 0.2) is 11.2 Å². The van der Waals surface area contributed by atoms with Crippen LogP contribution >= 0.6 is 0 Å². The van der Waals surface area contributed by atoms with Crippen molar-refractivity contribution in [2.75, 3.05) is 0 Å². The number of ether oxygens (including phenoxy) is 2. The number of halogens is 3. The highest BCUT2D eigenvalue weighted by molar-refractivity contribution is 5.71. The molecule has 1 fully saturated rings. The third-order valence-electron chi connectivity index (χ3n) is 5.04. The summed E-state index contributed by atoms with van der Waals surface area (Å²) in [6, 6.07) is 5.06. The summed E-state index contributed by atoms with van der Waals surface area (Å²) >= 11 is 0. The molecular weight excluding hydrogens is 401 g/mol. The number of hydrogen-bond donors (Lipinski definition) is 1. The largest absolute Gasteiger partial charge is 0.573 e. The predicted molar refractivity (Wildman–Crippen MR) is 103 cm³/mol. The Bertz CT molecular complexity index is 1100.